The van der Waals surface area contributed by atoms with E-state index in [1.807, 2.05) is 17.4 Å². The fourth-order valence-electron chi connectivity index (χ4n) is 2.97. The molecule has 0 atom stereocenters. The SMILES string of the molecule is Brc1ccc2c(Br)cc(Br)cc2c1.Brc1cccc2c1sc1ccccc12. The normalized spacial score (nSPS) is 11.0. The first-order chi connectivity index (χ1) is 13.0. The van der Waals surface area contributed by atoms with Crippen LogP contribution in [0.5, 0.6) is 0 Å². The lowest BCUT2D eigenvalue weighted by atomic mass is 10.1. The van der Waals surface area contributed by atoms with E-state index >= 15 is 0 Å². The van der Waals surface area contributed by atoms with Gasteiger partial charge in [0.1, 0.15) is 0 Å². The lowest BCUT2D eigenvalue weighted by molar-refractivity contribution is 1.64. The Morgan fingerprint density at radius 1 is 0.556 bits per heavy atom. The number of halogens is 4. The average Bonchev–Trinajstić information content (AvgIpc) is 3.02. The highest BCUT2D eigenvalue weighted by Crippen LogP contribution is 2.37. The minimum absolute atomic E-state index is 1.09. The summed E-state index contributed by atoms with van der Waals surface area (Å²) in [6.07, 6.45) is 0. The van der Waals surface area contributed by atoms with Gasteiger partial charge < -0.3 is 0 Å². The first-order valence-electron chi connectivity index (χ1n) is 8.13. The van der Waals surface area contributed by atoms with Crippen LogP contribution >= 0.6 is 75.1 Å². The fraction of sp³-hybridized carbons (Fsp3) is 0. The van der Waals surface area contributed by atoms with Crippen LogP contribution in [0.4, 0.5) is 0 Å². The topological polar surface area (TPSA) is 0 Å². The largest absolute Gasteiger partial charge is 0.134 e. The summed E-state index contributed by atoms with van der Waals surface area (Å²) < 4.78 is 7.19. The number of hydrogen-bond acceptors (Lipinski definition) is 1. The molecule has 0 N–H and O–H groups in total. The monoisotopic (exact) mass is 624 g/mol. The van der Waals surface area contributed by atoms with E-state index in [0.717, 1.165) is 13.4 Å². The fourth-order valence-corrected chi connectivity index (χ4v) is 6.46. The Kier molecular flexibility index (Phi) is 6.05. The Morgan fingerprint density at radius 3 is 2.15 bits per heavy atom. The van der Waals surface area contributed by atoms with Crippen LogP contribution in [0.15, 0.2) is 90.7 Å². The van der Waals surface area contributed by atoms with Crippen LogP contribution in [0.1, 0.15) is 0 Å². The first-order valence-corrected chi connectivity index (χ1v) is 12.1. The van der Waals surface area contributed by atoms with Gasteiger partial charge in [0, 0.05) is 38.1 Å². The van der Waals surface area contributed by atoms with Gasteiger partial charge >= 0.3 is 0 Å². The Labute approximate surface area is 195 Å². The van der Waals surface area contributed by atoms with Gasteiger partial charge in [-0.1, -0.05) is 84.2 Å². The zero-order chi connectivity index (χ0) is 19.0. The van der Waals surface area contributed by atoms with E-state index in [-0.39, 0.29) is 0 Å². The number of hydrogen-bond donors (Lipinski definition) is 0. The van der Waals surface area contributed by atoms with Crippen molar-refractivity contribution in [3.63, 3.8) is 0 Å². The van der Waals surface area contributed by atoms with E-state index in [9.17, 15) is 0 Å². The third-order valence-corrected chi connectivity index (χ3v) is 7.94. The molecule has 27 heavy (non-hydrogen) atoms. The molecule has 0 fully saturated rings. The molecule has 0 radical (unpaired) electrons. The third kappa shape index (κ3) is 4.18. The molecular formula is C22H12Br4S. The molecule has 4 aromatic carbocycles. The lowest BCUT2D eigenvalue weighted by Gasteiger charge is -2.02. The van der Waals surface area contributed by atoms with Gasteiger partial charge in [0.2, 0.25) is 0 Å². The summed E-state index contributed by atoms with van der Waals surface area (Å²) in [5, 5.41) is 5.15. The van der Waals surface area contributed by atoms with E-state index < -0.39 is 0 Å². The minimum Gasteiger partial charge on any atom is -0.134 e. The highest BCUT2D eigenvalue weighted by Gasteiger charge is 2.05. The van der Waals surface area contributed by atoms with E-state index in [2.05, 4.69) is 130 Å². The number of fused-ring (bicyclic) bond motifs is 4. The Balaban J connectivity index is 0.000000134. The molecule has 0 unspecified atom stereocenters. The highest BCUT2D eigenvalue weighted by molar-refractivity contribution is 9.11. The standard InChI is InChI=1S/C12H7BrS.C10H5Br3/c13-10-6-3-5-9-8-4-1-2-7-11(8)14-12(9)10;11-7-1-2-9-6(3-7)4-8(12)5-10(9)13/h1-7H;1-5H. The van der Waals surface area contributed by atoms with Crippen LogP contribution in [0, 0.1) is 0 Å². The number of benzene rings is 4. The van der Waals surface area contributed by atoms with Crippen LogP contribution in [0.3, 0.4) is 0 Å². The van der Waals surface area contributed by atoms with Gasteiger partial charge in [-0.2, -0.15) is 0 Å². The van der Waals surface area contributed by atoms with Crippen molar-refractivity contribution in [2.24, 2.45) is 0 Å². The van der Waals surface area contributed by atoms with Crippen molar-refractivity contribution >= 4 is 106 Å². The molecule has 134 valence electrons. The molecule has 5 aromatic rings. The zero-order valence-corrected chi connectivity index (χ0v) is 21.0. The molecule has 0 aliphatic heterocycles. The zero-order valence-electron chi connectivity index (χ0n) is 13.8. The van der Waals surface area contributed by atoms with Gasteiger partial charge in [0.15, 0.2) is 0 Å². The van der Waals surface area contributed by atoms with Crippen LogP contribution < -0.4 is 0 Å². The van der Waals surface area contributed by atoms with Gasteiger partial charge in [0.25, 0.3) is 0 Å². The van der Waals surface area contributed by atoms with Crippen molar-refractivity contribution in [2.75, 3.05) is 0 Å². The van der Waals surface area contributed by atoms with Crippen molar-refractivity contribution in [2.45, 2.75) is 0 Å². The van der Waals surface area contributed by atoms with Gasteiger partial charge in [-0.3, -0.25) is 0 Å². The molecule has 1 heterocycles. The second-order valence-electron chi connectivity index (χ2n) is 5.97. The van der Waals surface area contributed by atoms with Gasteiger partial charge in [-0.15, -0.1) is 11.3 Å². The van der Waals surface area contributed by atoms with Crippen molar-refractivity contribution in [3.05, 3.63) is 90.7 Å². The summed E-state index contributed by atoms with van der Waals surface area (Å²) in [7, 11) is 0. The molecule has 0 aliphatic rings. The molecular weight excluding hydrogens is 616 g/mol. The summed E-state index contributed by atoms with van der Waals surface area (Å²) in [4.78, 5) is 0. The Hall–Kier alpha value is -0.720. The molecule has 0 amide bonds. The van der Waals surface area contributed by atoms with Crippen molar-refractivity contribution in [3.8, 4) is 0 Å². The van der Waals surface area contributed by atoms with Crippen LogP contribution in [0.2, 0.25) is 0 Å². The molecule has 0 saturated carbocycles. The molecule has 0 aliphatic carbocycles. The molecule has 0 saturated heterocycles. The van der Waals surface area contributed by atoms with Crippen molar-refractivity contribution in [1.82, 2.24) is 0 Å². The van der Waals surface area contributed by atoms with E-state index in [4.69, 9.17) is 0 Å². The van der Waals surface area contributed by atoms with Crippen LogP contribution in [0.25, 0.3) is 30.9 Å². The predicted octanol–water partition coefficient (Wildman–Crippen LogP) is 9.94. The third-order valence-electron chi connectivity index (χ3n) is 4.19. The number of rotatable bonds is 0. The first kappa shape index (κ1) is 19.6. The summed E-state index contributed by atoms with van der Waals surface area (Å²) in [6, 6.07) is 25.3. The van der Waals surface area contributed by atoms with E-state index in [1.54, 1.807) is 0 Å². The van der Waals surface area contributed by atoms with Gasteiger partial charge in [0.05, 0.1) is 0 Å². The second-order valence-corrected chi connectivity index (χ2v) is 10.6. The van der Waals surface area contributed by atoms with Crippen LogP contribution in [-0.2, 0) is 0 Å². The molecule has 0 nitrogen and oxygen atoms in total. The summed E-state index contributed by atoms with van der Waals surface area (Å²) in [5.41, 5.74) is 0. The van der Waals surface area contributed by atoms with Crippen molar-refractivity contribution < 1.29 is 0 Å². The summed E-state index contributed by atoms with van der Waals surface area (Å²) in [5.74, 6) is 0. The summed E-state index contributed by atoms with van der Waals surface area (Å²) >= 11 is 15.9. The lowest BCUT2D eigenvalue weighted by Crippen LogP contribution is -1.75. The molecule has 0 spiro atoms. The van der Waals surface area contributed by atoms with Crippen LogP contribution in [-0.4, -0.2) is 0 Å². The minimum atomic E-state index is 1.09. The molecule has 5 rings (SSSR count). The molecule has 1 aromatic heterocycles. The maximum atomic E-state index is 3.59. The maximum Gasteiger partial charge on any atom is 0.0497 e. The Morgan fingerprint density at radius 2 is 1.30 bits per heavy atom. The number of thiophene rings is 1. The maximum absolute atomic E-state index is 3.59. The van der Waals surface area contributed by atoms with E-state index in [0.29, 0.717) is 0 Å². The average molecular weight is 628 g/mol. The second kappa shape index (κ2) is 8.34. The molecule has 5 heteroatoms. The quantitative estimate of drug-likeness (QED) is 0.160. The van der Waals surface area contributed by atoms with E-state index in [1.165, 1.54) is 35.4 Å². The smallest absolute Gasteiger partial charge is 0.0497 e. The van der Waals surface area contributed by atoms with Crippen molar-refractivity contribution in [1.29, 1.82) is 0 Å². The predicted molar refractivity (Wildman–Crippen MR) is 134 cm³/mol. The van der Waals surface area contributed by atoms with Gasteiger partial charge in [-0.25, -0.2) is 0 Å². The highest BCUT2D eigenvalue weighted by atomic mass is 79.9. The summed E-state index contributed by atoms with van der Waals surface area (Å²) in [6.45, 7) is 0. The van der Waals surface area contributed by atoms with Gasteiger partial charge in [-0.05, 0) is 63.1 Å². The molecule has 0 bridgehead atoms. The Bertz CT molecular complexity index is 1270.